The van der Waals surface area contributed by atoms with E-state index in [2.05, 4.69) is 32.1 Å². The van der Waals surface area contributed by atoms with E-state index in [1.807, 2.05) is 4.90 Å². The number of piperazine rings is 1. The van der Waals surface area contributed by atoms with Crippen LogP contribution >= 0.6 is 0 Å². The van der Waals surface area contributed by atoms with Gasteiger partial charge in [0, 0.05) is 44.8 Å². The second kappa shape index (κ2) is 9.85. The number of aromatic nitrogens is 2. The van der Waals surface area contributed by atoms with E-state index in [9.17, 15) is 4.79 Å². The van der Waals surface area contributed by atoms with Crippen LogP contribution in [0.5, 0.6) is 11.5 Å². The maximum atomic E-state index is 12.9. The molecule has 2 saturated heterocycles. The van der Waals surface area contributed by atoms with Gasteiger partial charge >= 0.3 is 0 Å². The Morgan fingerprint density at radius 3 is 1.87 bits per heavy atom. The van der Waals surface area contributed by atoms with Gasteiger partial charge in [0.05, 0.1) is 14.2 Å². The van der Waals surface area contributed by atoms with Gasteiger partial charge in [-0.15, -0.1) is 10.2 Å². The van der Waals surface area contributed by atoms with Gasteiger partial charge in [0.2, 0.25) is 0 Å². The molecule has 0 unspecified atom stereocenters. The van der Waals surface area contributed by atoms with Gasteiger partial charge in [-0.3, -0.25) is 4.79 Å². The molecular weight excluding hydrogens is 394 g/mol. The fraction of sp³-hybridized carbons (Fsp3) is 0.522. The summed E-state index contributed by atoms with van der Waals surface area (Å²) in [7, 11) is 3.16. The zero-order valence-corrected chi connectivity index (χ0v) is 18.4. The molecule has 1 aromatic carbocycles. The van der Waals surface area contributed by atoms with Crippen LogP contribution in [0.3, 0.4) is 0 Å². The summed E-state index contributed by atoms with van der Waals surface area (Å²) >= 11 is 0. The van der Waals surface area contributed by atoms with Gasteiger partial charge in [-0.05, 0) is 43.2 Å². The lowest BCUT2D eigenvalue weighted by Crippen LogP contribution is -2.49. The number of carbonyl (C=O) groups excluding carboxylic acids is 1. The Morgan fingerprint density at radius 1 is 0.742 bits per heavy atom. The normalized spacial score (nSPS) is 17.3. The number of hydrogen-bond donors (Lipinski definition) is 0. The molecule has 8 nitrogen and oxygen atoms in total. The molecule has 31 heavy (non-hydrogen) atoms. The molecule has 1 amide bonds. The fourth-order valence-electron chi connectivity index (χ4n) is 4.25. The summed E-state index contributed by atoms with van der Waals surface area (Å²) in [4.78, 5) is 19.3. The van der Waals surface area contributed by atoms with Crippen LogP contribution in [0.4, 0.5) is 11.6 Å². The molecule has 0 atom stereocenters. The van der Waals surface area contributed by atoms with Crippen molar-refractivity contribution in [2.24, 2.45) is 0 Å². The number of methoxy groups -OCH3 is 2. The quantitative estimate of drug-likeness (QED) is 0.729. The lowest BCUT2D eigenvalue weighted by Gasteiger charge is -2.35. The van der Waals surface area contributed by atoms with Crippen LogP contribution in [0.2, 0.25) is 0 Å². The minimum Gasteiger partial charge on any atom is -0.493 e. The number of hydrogen-bond acceptors (Lipinski definition) is 7. The third-order valence-electron chi connectivity index (χ3n) is 6.09. The number of rotatable bonds is 5. The van der Waals surface area contributed by atoms with E-state index in [1.54, 1.807) is 32.4 Å². The molecule has 0 radical (unpaired) electrons. The Kier molecular flexibility index (Phi) is 6.74. The molecule has 0 aliphatic carbocycles. The summed E-state index contributed by atoms with van der Waals surface area (Å²) in [6, 6.07) is 9.42. The predicted octanol–water partition coefficient (Wildman–Crippen LogP) is 2.84. The predicted molar refractivity (Wildman–Crippen MR) is 120 cm³/mol. The number of nitrogens with zero attached hydrogens (tertiary/aromatic N) is 5. The van der Waals surface area contributed by atoms with Crippen LogP contribution in [0.15, 0.2) is 30.3 Å². The number of carbonyl (C=O) groups is 1. The van der Waals surface area contributed by atoms with Crippen LogP contribution in [0.1, 0.15) is 36.0 Å². The number of amides is 1. The smallest absolute Gasteiger partial charge is 0.254 e. The van der Waals surface area contributed by atoms with E-state index in [0.29, 0.717) is 30.2 Å². The molecule has 2 aliphatic rings. The molecule has 0 saturated carbocycles. The molecule has 0 bridgehead atoms. The zero-order chi connectivity index (χ0) is 21.6. The van der Waals surface area contributed by atoms with Crippen LogP contribution in [-0.4, -0.2) is 74.5 Å². The average molecular weight is 426 g/mol. The van der Waals surface area contributed by atoms with Crippen molar-refractivity contribution in [1.29, 1.82) is 0 Å². The van der Waals surface area contributed by atoms with Crippen molar-refractivity contribution in [3.63, 3.8) is 0 Å². The molecule has 2 aromatic rings. The van der Waals surface area contributed by atoms with Crippen molar-refractivity contribution in [3.05, 3.63) is 35.9 Å². The molecule has 2 aliphatic heterocycles. The van der Waals surface area contributed by atoms with Gasteiger partial charge in [-0.1, -0.05) is 12.8 Å². The first-order valence-electron chi connectivity index (χ1n) is 11.0. The number of anilines is 2. The van der Waals surface area contributed by atoms with Gasteiger partial charge in [0.25, 0.3) is 5.91 Å². The van der Waals surface area contributed by atoms with Gasteiger partial charge in [-0.2, -0.15) is 0 Å². The van der Waals surface area contributed by atoms with Gasteiger partial charge in [-0.25, -0.2) is 0 Å². The molecule has 2 fully saturated rings. The summed E-state index contributed by atoms with van der Waals surface area (Å²) in [5, 5.41) is 8.96. The van der Waals surface area contributed by atoms with Gasteiger partial charge in [0.1, 0.15) is 0 Å². The summed E-state index contributed by atoms with van der Waals surface area (Å²) in [6.45, 7) is 4.87. The second-order valence-corrected chi connectivity index (χ2v) is 8.00. The third kappa shape index (κ3) is 4.84. The molecule has 0 N–H and O–H groups in total. The van der Waals surface area contributed by atoms with E-state index in [4.69, 9.17) is 9.47 Å². The van der Waals surface area contributed by atoms with Crippen molar-refractivity contribution in [1.82, 2.24) is 15.1 Å². The Bertz CT molecular complexity index is 873. The lowest BCUT2D eigenvalue weighted by atomic mass is 10.1. The minimum atomic E-state index is 0.00296. The van der Waals surface area contributed by atoms with Crippen LogP contribution in [-0.2, 0) is 0 Å². The summed E-state index contributed by atoms with van der Waals surface area (Å²) in [5.41, 5.74) is 0.604. The maximum absolute atomic E-state index is 12.9. The number of benzene rings is 1. The van der Waals surface area contributed by atoms with Crippen molar-refractivity contribution in [2.75, 3.05) is 63.3 Å². The molecule has 0 spiro atoms. The first-order chi connectivity index (χ1) is 15.2. The van der Waals surface area contributed by atoms with E-state index in [1.165, 1.54) is 25.7 Å². The Hall–Kier alpha value is -3.03. The lowest BCUT2D eigenvalue weighted by molar-refractivity contribution is 0.0746. The molecular formula is C23H31N5O3. The van der Waals surface area contributed by atoms with Crippen LogP contribution in [0.25, 0.3) is 0 Å². The maximum Gasteiger partial charge on any atom is 0.254 e. The molecule has 3 heterocycles. The van der Waals surface area contributed by atoms with E-state index >= 15 is 0 Å². The Balaban J connectivity index is 1.35. The molecule has 1 aromatic heterocycles. The molecule has 166 valence electrons. The van der Waals surface area contributed by atoms with E-state index < -0.39 is 0 Å². The van der Waals surface area contributed by atoms with Crippen LogP contribution < -0.4 is 19.3 Å². The Labute approximate surface area is 183 Å². The summed E-state index contributed by atoms with van der Waals surface area (Å²) < 4.78 is 10.6. The van der Waals surface area contributed by atoms with Crippen molar-refractivity contribution in [2.45, 2.75) is 25.7 Å². The summed E-state index contributed by atoms with van der Waals surface area (Å²) in [6.07, 6.45) is 5.04. The van der Waals surface area contributed by atoms with Crippen molar-refractivity contribution in [3.8, 4) is 11.5 Å². The van der Waals surface area contributed by atoms with E-state index in [0.717, 1.165) is 37.8 Å². The largest absolute Gasteiger partial charge is 0.493 e. The third-order valence-corrected chi connectivity index (χ3v) is 6.09. The standard InChI is InChI=1S/C23H31N5O3/c1-30-19-8-7-18(17-20(19)31-2)23(29)28-15-13-27(14-16-28)22-10-9-21(24-25-22)26-11-5-3-4-6-12-26/h7-10,17H,3-6,11-16H2,1-2H3. The number of ether oxygens (including phenoxy) is 2. The molecule has 4 rings (SSSR count). The second-order valence-electron chi connectivity index (χ2n) is 8.00. The van der Waals surface area contributed by atoms with Crippen molar-refractivity contribution < 1.29 is 14.3 Å². The monoisotopic (exact) mass is 425 g/mol. The average Bonchev–Trinajstić information content (AvgIpc) is 3.13. The first kappa shape index (κ1) is 21.2. The highest BCUT2D eigenvalue weighted by Crippen LogP contribution is 2.28. The van der Waals surface area contributed by atoms with Gasteiger partial charge < -0.3 is 24.2 Å². The van der Waals surface area contributed by atoms with Crippen LogP contribution in [0, 0.1) is 0 Å². The van der Waals surface area contributed by atoms with E-state index in [-0.39, 0.29) is 5.91 Å². The highest BCUT2D eigenvalue weighted by atomic mass is 16.5. The first-order valence-corrected chi connectivity index (χ1v) is 11.0. The highest BCUT2D eigenvalue weighted by molar-refractivity contribution is 5.95. The zero-order valence-electron chi connectivity index (χ0n) is 18.4. The van der Waals surface area contributed by atoms with Crippen molar-refractivity contribution >= 4 is 17.5 Å². The summed E-state index contributed by atoms with van der Waals surface area (Å²) in [5.74, 6) is 3.02. The Morgan fingerprint density at radius 2 is 1.32 bits per heavy atom. The van der Waals surface area contributed by atoms with Gasteiger partial charge in [0.15, 0.2) is 23.1 Å². The SMILES string of the molecule is COc1ccc(C(=O)N2CCN(c3ccc(N4CCCCCC4)nn3)CC2)cc1OC. The highest BCUT2D eigenvalue weighted by Gasteiger charge is 2.24. The topological polar surface area (TPSA) is 71.0 Å². The fourth-order valence-corrected chi connectivity index (χ4v) is 4.25. The minimum absolute atomic E-state index is 0.00296. The molecule has 8 heteroatoms.